The number of aromatic amines is 1. The van der Waals surface area contributed by atoms with Crippen molar-refractivity contribution in [1.82, 2.24) is 44.5 Å². The van der Waals surface area contributed by atoms with Gasteiger partial charge in [0.2, 0.25) is 0 Å². The van der Waals surface area contributed by atoms with Crippen LogP contribution in [0.1, 0.15) is 52.3 Å². The molecule has 1 aliphatic rings. The molecule has 5 aromatic heterocycles. The predicted octanol–water partition coefficient (Wildman–Crippen LogP) is 3.42. The summed E-state index contributed by atoms with van der Waals surface area (Å²) >= 11 is 0. The molecule has 0 fully saturated rings. The molecule has 0 saturated carbocycles. The van der Waals surface area contributed by atoms with Gasteiger partial charge in [-0.3, -0.25) is 4.79 Å². The highest BCUT2D eigenvalue weighted by atomic mass is 19.3. The van der Waals surface area contributed by atoms with Gasteiger partial charge < -0.3 is 14.3 Å². The zero-order valence-corrected chi connectivity index (χ0v) is 18.1. The zero-order chi connectivity index (χ0) is 25.0. The number of halogens is 4. The highest BCUT2D eigenvalue weighted by Crippen LogP contribution is 2.35. The quantitative estimate of drug-likeness (QED) is 0.366. The third kappa shape index (κ3) is 3.50. The van der Waals surface area contributed by atoms with Gasteiger partial charge in [-0.2, -0.15) is 19.0 Å². The Morgan fingerprint density at radius 3 is 2.86 bits per heavy atom. The fraction of sp³-hybridized carbons (Fsp3) is 0.238. The standard InChI is InChI=1S/C21H15F4N9O2/c22-17(23)11-2-1-4-33-14(11)6-13(31-33)16-15-12(26-9-27-15)3-5-32(16)20(35)19-30-29-18(36-19)10-7-28-34(8-10)21(24)25/h1-2,4,6-9,16-17,21H,3,5H2,(H,26,27)/t16-/m1/s1. The molecule has 0 spiro atoms. The first kappa shape index (κ1) is 21.9. The van der Waals surface area contributed by atoms with E-state index in [4.69, 9.17) is 4.42 Å². The summed E-state index contributed by atoms with van der Waals surface area (Å²) in [6.45, 7) is -2.63. The van der Waals surface area contributed by atoms with Crippen molar-refractivity contribution in [3.05, 3.63) is 71.7 Å². The maximum atomic E-state index is 13.6. The molecule has 0 bridgehead atoms. The van der Waals surface area contributed by atoms with Crippen molar-refractivity contribution in [2.45, 2.75) is 25.4 Å². The zero-order valence-electron chi connectivity index (χ0n) is 18.1. The average molecular weight is 501 g/mol. The molecule has 0 radical (unpaired) electrons. The van der Waals surface area contributed by atoms with Gasteiger partial charge in [0.15, 0.2) is 0 Å². The summed E-state index contributed by atoms with van der Waals surface area (Å²) in [5, 5.41) is 15.5. The number of alkyl halides is 4. The summed E-state index contributed by atoms with van der Waals surface area (Å²) in [5.74, 6) is -1.19. The lowest BCUT2D eigenvalue weighted by molar-refractivity contribution is 0.0566. The van der Waals surface area contributed by atoms with Crippen molar-refractivity contribution in [2.24, 2.45) is 0 Å². The second-order valence-electron chi connectivity index (χ2n) is 7.98. The summed E-state index contributed by atoms with van der Waals surface area (Å²) in [4.78, 5) is 22.2. The first-order valence-electron chi connectivity index (χ1n) is 10.7. The summed E-state index contributed by atoms with van der Waals surface area (Å²) in [5.41, 5.74) is 1.73. The number of fused-ring (bicyclic) bond motifs is 2. The molecule has 15 heteroatoms. The van der Waals surface area contributed by atoms with Gasteiger partial charge in [0.05, 0.1) is 35.0 Å². The molecule has 0 aliphatic carbocycles. The molecule has 1 atom stereocenters. The molecular formula is C21H15F4N9O2. The molecule has 0 saturated heterocycles. The van der Waals surface area contributed by atoms with E-state index in [1.807, 2.05) is 0 Å². The molecular weight excluding hydrogens is 486 g/mol. The van der Waals surface area contributed by atoms with Crippen molar-refractivity contribution >= 4 is 11.4 Å². The fourth-order valence-corrected chi connectivity index (χ4v) is 4.27. The number of pyridine rings is 1. The van der Waals surface area contributed by atoms with Crippen molar-refractivity contribution in [2.75, 3.05) is 6.54 Å². The minimum absolute atomic E-state index is 0.117. The molecule has 36 heavy (non-hydrogen) atoms. The van der Waals surface area contributed by atoms with Crippen molar-refractivity contribution in [1.29, 1.82) is 0 Å². The van der Waals surface area contributed by atoms with E-state index in [0.717, 1.165) is 18.1 Å². The van der Waals surface area contributed by atoms with E-state index >= 15 is 0 Å². The van der Waals surface area contributed by atoms with Crippen LogP contribution in [0.5, 0.6) is 0 Å². The van der Waals surface area contributed by atoms with Crippen molar-refractivity contribution < 1.29 is 26.8 Å². The number of rotatable bonds is 5. The third-order valence-corrected chi connectivity index (χ3v) is 5.91. The van der Waals surface area contributed by atoms with Gasteiger partial charge in [0.25, 0.3) is 12.3 Å². The molecule has 5 aromatic rings. The molecule has 6 rings (SSSR count). The number of nitrogens with one attached hydrogen (secondary N) is 1. The average Bonchev–Trinajstić information content (AvgIpc) is 3.66. The highest BCUT2D eigenvalue weighted by Gasteiger charge is 2.38. The Hall–Kier alpha value is -4.56. The fourth-order valence-electron chi connectivity index (χ4n) is 4.27. The number of imidazole rings is 1. The van der Waals surface area contributed by atoms with Crippen LogP contribution in [0.25, 0.3) is 17.0 Å². The van der Waals surface area contributed by atoms with Gasteiger partial charge >= 0.3 is 18.3 Å². The topological polar surface area (TPSA) is 123 Å². The first-order valence-corrected chi connectivity index (χ1v) is 10.7. The number of H-pyrrole nitrogens is 1. The summed E-state index contributed by atoms with van der Waals surface area (Å²) in [7, 11) is 0. The summed E-state index contributed by atoms with van der Waals surface area (Å²) in [6.07, 6.45) is 2.88. The predicted molar refractivity (Wildman–Crippen MR) is 112 cm³/mol. The number of amides is 1. The van der Waals surface area contributed by atoms with Crippen LogP contribution in [-0.2, 0) is 6.42 Å². The van der Waals surface area contributed by atoms with Crippen LogP contribution < -0.4 is 0 Å². The largest absolute Gasteiger partial charge is 0.412 e. The van der Waals surface area contributed by atoms with Crippen LogP contribution in [0.15, 0.2) is 47.5 Å². The maximum Gasteiger partial charge on any atom is 0.333 e. The number of aromatic nitrogens is 8. The van der Waals surface area contributed by atoms with Gasteiger partial charge in [0, 0.05) is 36.6 Å². The Morgan fingerprint density at radius 2 is 2.08 bits per heavy atom. The minimum atomic E-state index is -2.85. The second kappa shape index (κ2) is 8.28. The summed E-state index contributed by atoms with van der Waals surface area (Å²) in [6, 6.07) is 3.44. The summed E-state index contributed by atoms with van der Waals surface area (Å²) < 4.78 is 60.0. The van der Waals surface area contributed by atoms with Crippen LogP contribution in [0.2, 0.25) is 0 Å². The smallest absolute Gasteiger partial charge is 0.333 e. The van der Waals surface area contributed by atoms with Gasteiger partial charge in [0.1, 0.15) is 6.04 Å². The van der Waals surface area contributed by atoms with Gasteiger partial charge in [-0.25, -0.2) is 23.0 Å². The van der Waals surface area contributed by atoms with Crippen LogP contribution >= 0.6 is 0 Å². The number of hydrogen-bond donors (Lipinski definition) is 1. The molecule has 0 unspecified atom stereocenters. The first-order chi connectivity index (χ1) is 17.4. The number of carbonyl (C=O) groups excluding carboxylic acids is 1. The Labute approximate surface area is 198 Å². The molecule has 6 heterocycles. The highest BCUT2D eigenvalue weighted by molar-refractivity contribution is 5.90. The molecule has 1 N–H and O–H groups in total. The number of carbonyl (C=O) groups is 1. The third-order valence-electron chi connectivity index (χ3n) is 5.91. The Balaban J connectivity index is 1.38. The Morgan fingerprint density at radius 1 is 1.22 bits per heavy atom. The van der Waals surface area contributed by atoms with Gasteiger partial charge in [-0.05, 0) is 18.2 Å². The maximum absolute atomic E-state index is 13.6. The van der Waals surface area contributed by atoms with E-state index in [-0.39, 0.29) is 35.0 Å². The van der Waals surface area contributed by atoms with E-state index in [2.05, 4.69) is 30.4 Å². The molecule has 11 nitrogen and oxygen atoms in total. The Kier molecular flexibility index (Phi) is 5.05. The minimum Gasteiger partial charge on any atom is -0.412 e. The van der Waals surface area contributed by atoms with E-state index in [1.165, 1.54) is 40.1 Å². The van der Waals surface area contributed by atoms with Crippen LogP contribution in [-0.4, -0.2) is 56.9 Å². The van der Waals surface area contributed by atoms with Crippen molar-refractivity contribution in [3.8, 4) is 11.5 Å². The Bertz CT molecular complexity index is 1570. The molecule has 1 aliphatic heterocycles. The van der Waals surface area contributed by atoms with Gasteiger partial charge in [-0.15, -0.1) is 10.2 Å². The lowest BCUT2D eigenvalue weighted by atomic mass is 9.99. The molecule has 184 valence electrons. The second-order valence-corrected chi connectivity index (χ2v) is 7.98. The number of hydrogen-bond acceptors (Lipinski definition) is 7. The van der Waals surface area contributed by atoms with E-state index in [1.54, 1.807) is 0 Å². The molecule has 1 amide bonds. The van der Waals surface area contributed by atoms with Crippen molar-refractivity contribution in [3.63, 3.8) is 0 Å². The van der Waals surface area contributed by atoms with E-state index in [9.17, 15) is 22.4 Å². The SMILES string of the molecule is O=C(c1nnc(-c2cnn(C(F)F)c2)o1)N1CCc2[nH]cnc2[C@H]1c1cc2c(C(F)F)cccn2n1. The van der Waals surface area contributed by atoms with E-state index in [0.29, 0.717) is 22.5 Å². The lowest BCUT2D eigenvalue weighted by Gasteiger charge is -2.32. The lowest BCUT2D eigenvalue weighted by Crippen LogP contribution is -2.41. The van der Waals surface area contributed by atoms with Crippen LogP contribution in [0.4, 0.5) is 17.6 Å². The van der Waals surface area contributed by atoms with Gasteiger partial charge in [-0.1, -0.05) is 0 Å². The number of nitrogens with zero attached hydrogens (tertiary/aromatic N) is 8. The van der Waals surface area contributed by atoms with Crippen LogP contribution in [0, 0.1) is 0 Å². The monoisotopic (exact) mass is 501 g/mol. The van der Waals surface area contributed by atoms with E-state index < -0.39 is 24.9 Å². The van der Waals surface area contributed by atoms with Crippen LogP contribution in [0.3, 0.4) is 0 Å². The normalized spacial score (nSPS) is 15.8. The molecule has 0 aromatic carbocycles.